The van der Waals surface area contributed by atoms with Crippen molar-refractivity contribution in [2.45, 2.75) is 31.5 Å². The largest absolute Gasteiger partial charge is 0.378 e. The Labute approximate surface area is 172 Å². The SMILES string of the molecule is C1=C(c2ccc3c(c2)Cc2ccccc2-3)CC2COCC1N2Cc1ccccc1. The van der Waals surface area contributed by atoms with Gasteiger partial charge in [-0.3, -0.25) is 4.90 Å². The maximum absolute atomic E-state index is 5.92. The highest BCUT2D eigenvalue weighted by atomic mass is 16.5. The van der Waals surface area contributed by atoms with Crippen LogP contribution in [0.15, 0.2) is 78.9 Å². The van der Waals surface area contributed by atoms with Gasteiger partial charge in [0.2, 0.25) is 0 Å². The summed E-state index contributed by atoms with van der Waals surface area (Å²) in [5.74, 6) is 0. The Balaban J connectivity index is 1.30. The molecule has 0 aromatic heterocycles. The molecule has 29 heavy (non-hydrogen) atoms. The summed E-state index contributed by atoms with van der Waals surface area (Å²) in [6, 6.07) is 27.6. The van der Waals surface area contributed by atoms with E-state index in [0.29, 0.717) is 12.1 Å². The Morgan fingerprint density at radius 2 is 1.66 bits per heavy atom. The van der Waals surface area contributed by atoms with Gasteiger partial charge in [-0.05, 0) is 51.8 Å². The number of hydrogen-bond acceptors (Lipinski definition) is 2. The minimum absolute atomic E-state index is 0.364. The number of benzene rings is 3. The summed E-state index contributed by atoms with van der Waals surface area (Å²) >= 11 is 0. The Morgan fingerprint density at radius 3 is 2.55 bits per heavy atom. The molecule has 0 radical (unpaired) electrons. The van der Waals surface area contributed by atoms with Crippen LogP contribution >= 0.6 is 0 Å². The van der Waals surface area contributed by atoms with E-state index >= 15 is 0 Å². The van der Waals surface area contributed by atoms with Gasteiger partial charge in [0.1, 0.15) is 0 Å². The zero-order valence-electron chi connectivity index (χ0n) is 16.6. The van der Waals surface area contributed by atoms with Crippen LogP contribution in [-0.2, 0) is 17.7 Å². The van der Waals surface area contributed by atoms with E-state index in [0.717, 1.165) is 32.6 Å². The van der Waals surface area contributed by atoms with Gasteiger partial charge in [0, 0.05) is 12.6 Å². The molecule has 2 heterocycles. The maximum atomic E-state index is 5.92. The van der Waals surface area contributed by atoms with Crippen molar-refractivity contribution in [3.8, 4) is 11.1 Å². The van der Waals surface area contributed by atoms with E-state index in [4.69, 9.17) is 4.74 Å². The summed E-state index contributed by atoms with van der Waals surface area (Å²) in [4.78, 5) is 2.63. The first kappa shape index (κ1) is 17.2. The molecule has 0 amide bonds. The Kier molecular flexibility index (Phi) is 4.14. The molecule has 2 heteroatoms. The molecule has 1 saturated heterocycles. The van der Waals surface area contributed by atoms with Crippen LogP contribution in [0.2, 0.25) is 0 Å². The van der Waals surface area contributed by atoms with Crippen LogP contribution in [0.5, 0.6) is 0 Å². The molecular weight excluding hydrogens is 354 g/mol. The third-order valence-electron chi connectivity index (χ3n) is 6.72. The highest BCUT2D eigenvalue weighted by molar-refractivity contribution is 5.80. The number of ether oxygens (including phenoxy) is 1. The molecule has 3 aromatic carbocycles. The summed E-state index contributed by atoms with van der Waals surface area (Å²) in [6.07, 6.45) is 4.58. The van der Waals surface area contributed by atoms with Crippen molar-refractivity contribution >= 4 is 5.57 Å². The number of rotatable bonds is 3. The van der Waals surface area contributed by atoms with E-state index in [1.165, 1.54) is 39.0 Å². The standard InChI is InChI=1S/C27H25NO/c1-2-6-19(7-3-1)16-28-24-14-22(15-25(28)18-29-17-24)20-10-11-27-23(12-20)13-21-8-4-5-9-26(21)27/h1-12,14,24-25H,13,15-18H2. The second-order valence-corrected chi connectivity index (χ2v) is 8.52. The van der Waals surface area contributed by atoms with Crippen molar-refractivity contribution in [2.75, 3.05) is 13.2 Å². The molecule has 2 aliphatic heterocycles. The fourth-order valence-corrected chi connectivity index (χ4v) is 5.26. The first-order chi connectivity index (χ1) is 14.3. The summed E-state index contributed by atoms with van der Waals surface area (Å²) in [7, 11) is 0. The third kappa shape index (κ3) is 3.04. The highest BCUT2D eigenvalue weighted by Crippen LogP contribution is 2.40. The average Bonchev–Trinajstić information content (AvgIpc) is 3.12. The van der Waals surface area contributed by atoms with Crippen LogP contribution in [-0.4, -0.2) is 30.2 Å². The van der Waals surface area contributed by atoms with Gasteiger partial charge in [0.05, 0.1) is 19.3 Å². The van der Waals surface area contributed by atoms with E-state index in [1.807, 2.05) is 0 Å². The molecule has 3 aliphatic rings. The first-order valence-electron chi connectivity index (χ1n) is 10.6. The molecule has 2 nitrogen and oxygen atoms in total. The number of fused-ring (bicyclic) bond motifs is 5. The first-order valence-corrected chi connectivity index (χ1v) is 10.6. The molecule has 1 fully saturated rings. The third-order valence-corrected chi connectivity index (χ3v) is 6.72. The van der Waals surface area contributed by atoms with E-state index < -0.39 is 0 Å². The molecule has 3 aromatic rings. The molecule has 2 atom stereocenters. The van der Waals surface area contributed by atoms with Gasteiger partial charge in [-0.25, -0.2) is 0 Å². The van der Waals surface area contributed by atoms with Gasteiger partial charge in [-0.15, -0.1) is 0 Å². The predicted octanol–water partition coefficient (Wildman–Crippen LogP) is 5.31. The number of hydrogen-bond donors (Lipinski definition) is 0. The van der Waals surface area contributed by atoms with Gasteiger partial charge in [-0.1, -0.05) is 78.9 Å². The Bertz CT molecular complexity index is 1080. The molecule has 1 aliphatic carbocycles. The van der Waals surface area contributed by atoms with Crippen LogP contribution in [0.25, 0.3) is 16.7 Å². The maximum Gasteiger partial charge on any atom is 0.0658 e. The van der Waals surface area contributed by atoms with Gasteiger partial charge in [0.15, 0.2) is 0 Å². The second kappa shape index (κ2) is 6.98. The van der Waals surface area contributed by atoms with Crippen molar-refractivity contribution in [2.24, 2.45) is 0 Å². The quantitative estimate of drug-likeness (QED) is 0.478. The van der Waals surface area contributed by atoms with Crippen molar-refractivity contribution < 1.29 is 4.74 Å². The fourth-order valence-electron chi connectivity index (χ4n) is 5.26. The lowest BCUT2D eigenvalue weighted by molar-refractivity contribution is -0.0402. The van der Waals surface area contributed by atoms with Crippen LogP contribution in [0, 0.1) is 0 Å². The van der Waals surface area contributed by atoms with E-state index in [-0.39, 0.29) is 0 Å². The summed E-state index contributed by atoms with van der Waals surface area (Å²) in [5.41, 5.74) is 10.0. The van der Waals surface area contributed by atoms with E-state index in [9.17, 15) is 0 Å². The zero-order chi connectivity index (χ0) is 19.2. The lowest BCUT2D eigenvalue weighted by Gasteiger charge is -2.45. The number of morpholine rings is 1. The van der Waals surface area contributed by atoms with Crippen LogP contribution in [0.4, 0.5) is 0 Å². The molecule has 0 saturated carbocycles. The fraction of sp³-hybridized carbons (Fsp3) is 0.259. The minimum atomic E-state index is 0.364. The van der Waals surface area contributed by atoms with E-state index in [2.05, 4.69) is 83.8 Å². The van der Waals surface area contributed by atoms with Crippen molar-refractivity contribution in [1.82, 2.24) is 4.90 Å². The average molecular weight is 380 g/mol. The molecule has 2 unspecified atom stereocenters. The molecule has 0 N–H and O–H groups in total. The van der Waals surface area contributed by atoms with Crippen LogP contribution < -0.4 is 0 Å². The van der Waals surface area contributed by atoms with Gasteiger partial charge < -0.3 is 4.74 Å². The van der Waals surface area contributed by atoms with Gasteiger partial charge >= 0.3 is 0 Å². The molecule has 0 spiro atoms. The monoisotopic (exact) mass is 379 g/mol. The summed E-state index contributed by atoms with van der Waals surface area (Å²) in [6.45, 7) is 2.63. The lowest BCUT2D eigenvalue weighted by Crippen LogP contribution is -2.53. The summed E-state index contributed by atoms with van der Waals surface area (Å²) in [5, 5.41) is 0. The normalized spacial score (nSPS) is 22.7. The molecular formula is C27H25NO. The lowest BCUT2D eigenvalue weighted by atomic mass is 9.88. The van der Waals surface area contributed by atoms with Crippen molar-refractivity contribution in [3.05, 3.63) is 101 Å². The smallest absolute Gasteiger partial charge is 0.0658 e. The Morgan fingerprint density at radius 1 is 0.828 bits per heavy atom. The van der Waals surface area contributed by atoms with Gasteiger partial charge in [0.25, 0.3) is 0 Å². The van der Waals surface area contributed by atoms with Crippen molar-refractivity contribution in [1.29, 1.82) is 0 Å². The summed E-state index contributed by atoms with van der Waals surface area (Å²) < 4.78 is 5.92. The molecule has 6 rings (SSSR count). The van der Waals surface area contributed by atoms with Gasteiger partial charge in [-0.2, -0.15) is 0 Å². The number of nitrogens with zero attached hydrogens (tertiary/aromatic N) is 1. The van der Waals surface area contributed by atoms with Crippen LogP contribution in [0.3, 0.4) is 0 Å². The second-order valence-electron chi connectivity index (χ2n) is 8.52. The minimum Gasteiger partial charge on any atom is -0.378 e. The highest BCUT2D eigenvalue weighted by Gasteiger charge is 2.35. The van der Waals surface area contributed by atoms with Crippen LogP contribution in [0.1, 0.15) is 28.7 Å². The predicted molar refractivity (Wildman–Crippen MR) is 118 cm³/mol. The topological polar surface area (TPSA) is 12.5 Å². The Hall–Kier alpha value is -2.68. The zero-order valence-corrected chi connectivity index (χ0v) is 16.6. The molecule has 2 bridgehead atoms. The molecule has 144 valence electrons. The van der Waals surface area contributed by atoms with Crippen molar-refractivity contribution in [3.63, 3.8) is 0 Å². The van der Waals surface area contributed by atoms with E-state index in [1.54, 1.807) is 0 Å².